The van der Waals surface area contributed by atoms with Crippen molar-refractivity contribution in [3.63, 3.8) is 0 Å². The highest BCUT2D eigenvalue weighted by molar-refractivity contribution is 9.10. The number of amides is 2. The standard InChI is InChI=1S/C15H19BrN2O/c1-3-11-18(12-4-2)15(19)17-10-9-13-5-7-14(16)8-6-13/h3-8H,1-2,9-12H2,(H,17,19). The molecule has 3 nitrogen and oxygen atoms in total. The van der Waals surface area contributed by atoms with Crippen LogP contribution in [0.2, 0.25) is 0 Å². The first-order valence-corrected chi connectivity index (χ1v) is 6.95. The van der Waals surface area contributed by atoms with Crippen LogP contribution in [-0.2, 0) is 6.42 Å². The second-order valence-electron chi connectivity index (χ2n) is 4.09. The lowest BCUT2D eigenvalue weighted by molar-refractivity contribution is 0.208. The van der Waals surface area contributed by atoms with E-state index in [4.69, 9.17) is 0 Å². The summed E-state index contributed by atoms with van der Waals surface area (Å²) in [5.41, 5.74) is 1.20. The van der Waals surface area contributed by atoms with E-state index in [0.717, 1.165) is 10.9 Å². The van der Waals surface area contributed by atoms with Crippen molar-refractivity contribution < 1.29 is 4.79 Å². The third-order valence-electron chi connectivity index (χ3n) is 2.59. The van der Waals surface area contributed by atoms with Gasteiger partial charge in [-0.2, -0.15) is 0 Å². The molecule has 0 spiro atoms. The monoisotopic (exact) mass is 322 g/mol. The molecule has 0 aromatic heterocycles. The summed E-state index contributed by atoms with van der Waals surface area (Å²) in [4.78, 5) is 13.5. The molecule has 0 unspecified atom stereocenters. The van der Waals surface area contributed by atoms with Gasteiger partial charge in [-0.25, -0.2) is 4.79 Å². The molecule has 0 saturated carbocycles. The van der Waals surface area contributed by atoms with Crippen molar-refractivity contribution >= 4 is 22.0 Å². The maximum atomic E-state index is 11.9. The predicted molar refractivity (Wildman–Crippen MR) is 83.2 cm³/mol. The molecule has 0 heterocycles. The summed E-state index contributed by atoms with van der Waals surface area (Å²) in [6, 6.07) is 8.00. The van der Waals surface area contributed by atoms with Crippen molar-refractivity contribution in [2.75, 3.05) is 19.6 Å². The molecule has 102 valence electrons. The Bertz CT molecular complexity index is 418. The zero-order valence-corrected chi connectivity index (χ0v) is 12.5. The molecule has 0 saturated heterocycles. The number of nitrogens with one attached hydrogen (secondary N) is 1. The van der Waals surface area contributed by atoms with Crippen molar-refractivity contribution in [2.45, 2.75) is 6.42 Å². The fourth-order valence-electron chi connectivity index (χ4n) is 1.63. The van der Waals surface area contributed by atoms with Crippen LogP contribution < -0.4 is 5.32 Å². The molecule has 1 aromatic carbocycles. The summed E-state index contributed by atoms with van der Waals surface area (Å²) in [5.74, 6) is 0. The number of rotatable bonds is 7. The van der Waals surface area contributed by atoms with E-state index in [1.807, 2.05) is 24.3 Å². The van der Waals surface area contributed by atoms with Gasteiger partial charge in [0.15, 0.2) is 0 Å². The van der Waals surface area contributed by atoms with E-state index < -0.39 is 0 Å². The normalized spacial score (nSPS) is 9.74. The van der Waals surface area contributed by atoms with Gasteiger partial charge in [0, 0.05) is 24.1 Å². The zero-order chi connectivity index (χ0) is 14.1. The van der Waals surface area contributed by atoms with Crippen LogP contribution in [0.3, 0.4) is 0 Å². The molecular weight excluding hydrogens is 304 g/mol. The molecule has 19 heavy (non-hydrogen) atoms. The zero-order valence-electron chi connectivity index (χ0n) is 10.9. The van der Waals surface area contributed by atoms with Crippen LogP contribution in [0, 0.1) is 0 Å². The number of carbonyl (C=O) groups excluding carboxylic acids is 1. The summed E-state index contributed by atoms with van der Waals surface area (Å²) in [7, 11) is 0. The van der Waals surface area contributed by atoms with Gasteiger partial charge in [0.2, 0.25) is 0 Å². The van der Waals surface area contributed by atoms with Gasteiger partial charge in [-0.1, -0.05) is 40.2 Å². The molecule has 1 aromatic rings. The molecular formula is C15H19BrN2O. The summed E-state index contributed by atoms with van der Waals surface area (Å²) in [6.45, 7) is 8.95. The largest absolute Gasteiger partial charge is 0.338 e. The number of hydrogen-bond acceptors (Lipinski definition) is 1. The third kappa shape index (κ3) is 5.75. The van der Waals surface area contributed by atoms with Gasteiger partial charge >= 0.3 is 6.03 Å². The van der Waals surface area contributed by atoms with Gasteiger partial charge in [-0.05, 0) is 24.1 Å². The Labute approximate surface area is 123 Å². The highest BCUT2D eigenvalue weighted by Crippen LogP contribution is 2.10. The van der Waals surface area contributed by atoms with Crippen molar-refractivity contribution in [1.82, 2.24) is 10.2 Å². The molecule has 0 aliphatic carbocycles. The molecule has 0 aliphatic rings. The second-order valence-corrected chi connectivity index (χ2v) is 5.01. The molecule has 0 aliphatic heterocycles. The minimum Gasteiger partial charge on any atom is -0.338 e. The minimum absolute atomic E-state index is 0.0862. The number of nitrogens with zero attached hydrogens (tertiary/aromatic N) is 1. The Kier molecular flexibility index (Phi) is 6.97. The Balaban J connectivity index is 2.38. The topological polar surface area (TPSA) is 32.3 Å². The van der Waals surface area contributed by atoms with Gasteiger partial charge in [0.1, 0.15) is 0 Å². The number of hydrogen-bond donors (Lipinski definition) is 1. The fraction of sp³-hybridized carbons (Fsp3) is 0.267. The molecule has 1 N–H and O–H groups in total. The summed E-state index contributed by atoms with van der Waals surface area (Å²) in [5, 5.41) is 2.90. The van der Waals surface area contributed by atoms with Gasteiger partial charge in [0.25, 0.3) is 0 Å². The van der Waals surface area contributed by atoms with E-state index in [-0.39, 0.29) is 6.03 Å². The third-order valence-corrected chi connectivity index (χ3v) is 3.12. The first-order valence-electron chi connectivity index (χ1n) is 6.16. The Morgan fingerprint density at radius 1 is 1.21 bits per heavy atom. The number of carbonyl (C=O) groups is 1. The molecule has 2 amide bonds. The van der Waals surface area contributed by atoms with Gasteiger partial charge < -0.3 is 10.2 Å². The maximum Gasteiger partial charge on any atom is 0.317 e. The van der Waals surface area contributed by atoms with E-state index in [2.05, 4.69) is 34.4 Å². The predicted octanol–water partition coefficient (Wildman–Crippen LogP) is 3.38. The average Bonchev–Trinajstić information content (AvgIpc) is 2.40. The van der Waals surface area contributed by atoms with Gasteiger partial charge in [-0.3, -0.25) is 0 Å². The quantitative estimate of drug-likeness (QED) is 0.767. The van der Waals surface area contributed by atoms with E-state index in [9.17, 15) is 4.79 Å². The van der Waals surface area contributed by atoms with Crippen LogP contribution in [0.5, 0.6) is 0 Å². The Morgan fingerprint density at radius 3 is 2.32 bits per heavy atom. The summed E-state index contributed by atoms with van der Waals surface area (Å²) in [6.07, 6.45) is 4.23. The molecule has 1 rings (SSSR count). The number of benzene rings is 1. The molecule has 0 bridgehead atoms. The van der Waals surface area contributed by atoms with Crippen molar-refractivity contribution in [2.24, 2.45) is 0 Å². The maximum absolute atomic E-state index is 11.9. The van der Waals surface area contributed by atoms with Crippen LogP contribution in [0.15, 0.2) is 54.0 Å². The fourth-order valence-corrected chi connectivity index (χ4v) is 1.89. The van der Waals surface area contributed by atoms with Gasteiger partial charge in [-0.15, -0.1) is 13.2 Å². The Morgan fingerprint density at radius 2 is 1.79 bits per heavy atom. The Hall–Kier alpha value is -1.55. The van der Waals surface area contributed by atoms with E-state index in [0.29, 0.717) is 19.6 Å². The van der Waals surface area contributed by atoms with Crippen LogP contribution in [0.25, 0.3) is 0 Å². The lowest BCUT2D eigenvalue weighted by Gasteiger charge is -2.19. The lowest BCUT2D eigenvalue weighted by Crippen LogP contribution is -2.40. The van der Waals surface area contributed by atoms with Crippen LogP contribution in [-0.4, -0.2) is 30.6 Å². The van der Waals surface area contributed by atoms with Crippen molar-refractivity contribution in [3.8, 4) is 0 Å². The smallest absolute Gasteiger partial charge is 0.317 e. The van der Waals surface area contributed by atoms with E-state index in [1.165, 1.54) is 5.56 Å². The SMILES string of the molecule is C=CCN(CC=C)C(=O)NCCc1ccc(Br)cc1. The summed E-state index contributed by atoms with van der Waals surface area (Å²) < 4.78 is 1.06. The van der Waals surface area contributed by atoms with Crippen molar-refractivity contribution in [1.29, 1.82) is 0 Å². The molecule has 0 atom stereocenters. The number of halogens is 1. The first-order chi connectivity index (χ1) is 9.17. The van der Waals surface area contributed by atoms with Crippen LogP contribution in [0.1, 0.15) is 5.56 Å². The van der Waals surface area contributed by atoms with E-state index in [1.54, 1.807) is 17.1 Å². The van der Waals surface area contributed by atoms with Crippen LogP contribution in [0.4, 0.5) is 4.79 Å². The van der Waals surface area contributed by atoms with E-state index >= 15 is 0 Å². The molecule has 4 heteroatoms. The first kappa shape index (κ1) is 15.5. The second kappa shape index (κ2) is 8.53. The highest BCUT2D eigenvalue weighted by atomic mass is 79.9. The molecule has 0 radical (unpaired) electrons. The summed E-state index contributed by atoms with van der Waals surface area (Å²) >= 11 is 3.40. The minimum atomic E-state index is -0.0862. The van der Waals surface area contributed by atoms with Gasteiger partial charge in [0.05, 0.1) is 0 Å². The van der Waals surface area contributed by atoms with Crippen molar-refractivity contribution in [3.05, 3.63) is 59.6 Å². The van der Waals surface area contributed by atoms with Crippen LogP contribution >= 0.6 is 15.9 Å². The lowest BCUT2D eigenvalue weighted by atomic mass is 10.1. The molecule has 0 fully saturated rings. The average molecular weight is 323 g/mol. The highest BCUT2D eigenvalue weighted by Gasteiger charge is 2.08. The number of urea groups is 1.